The fourth-order valence-electron chi connectivity index (χ4n) is 9.24. The van der Waals surface area contributed by atoms with Crippen LogP contribution in [0.4, 0.5) is 0 Å². The van der Waals surface area contributed by atoms with Crippen molar-refractivity contribution in [3.05, 3.63) is 23.8 Å². The van der Waals surface area contributed by atoms with Gasteiger partial charge in [0, 0.05) is 6.61 Å². The molecule has 0 saturated heterocycles. The van der Waals surface area contributed by atoms with Gasteiger partial charge >= 0.3 is 0 Å². The Balaban J connectivity index is 1.48. The lowest BCUT2D eigenvalue weighted by molar-refractivity contribution is -0.0612. The zero-order valence-corrected chi connectivity index (χ0v) is 23.0. The molecular formula is C32H54O. The molecule has 4 aliphatic carbocycles. The second-order valence-electron chi connectivity index (χ2n) is 13.3. The van der Waals surface area contributed by atoms with Crippen molar-refractivity contribution in [3.63, 3.8) is 0 Å². The van der Waals surface area contributed by atoms with Gasteiger partial charge in [0.2, 0.25) is 0 Å². The average Bonchev–Trinajstić information content (AvgIpc) is 3.15. The second kappa shape index (κ2) is 10.2. The maximum atomic E-state index is 6.20. The quantitative estimate of drug-likeness (QED) is 0.332. The first-order chi connectivity index (χ1) is 15.7. The van der Waals surface area contributed by atoms with Crippen molar-refractivity contribution >= 4 is 0 Å². The van der Waals surface area contributed by atoms with Crippen molar-refractivity contribution in [1.29, 1.82) is 0 Å². The lowest BCUT2D eigenvalue weighted by Crippen LogP contribution is -2.50. The van der Waals surface area contributed by atoms with E-state index < -0.39 is 0 Å². The van der Waals surface area contributed by atoms with E-state index in [9.17, 15) is 0 Å². The summed E-state index contributed by atoms with van der Waals surface area (Å²) >= 11 is 0. The SMILES string of the molecule is CCCOC1CC[C@@]2(C)C(=CCC3C4CCC(C(C)/C=C/C(CC)C(C)C)[C@@]4(C)CCC32)C1. The minimum Gasteiger partial charge on any atom is -0.378 e. The average molecular weight is 455 g/mol. The predicted octanol–water partition coefficient (Wildman–Crippen LogP) is 9.24. The maximum Gasteiger partial charge on any atom is 0.0612 e. The van der Waals surface area contributed by atoms with E-state index in [1.807, 2.05) is 0 Å². The van der Waals surface area contributed by atoms with Crippen LogP contribution in [-0.2, 0) is 4.74 Å². The van der Waals surface area contributed by atoms with E-state index in [-0.39, 0.29) is 0 Å². The number of allylic oxidation sites excluding steroid dienone is 3. The molecule has 4 aliphatic rings. The van der Waals surface area contributed by atoms with Crippen molar-refractivity contribution < 1.29 is 4.74 Å². The summed E-state index contributed by atoms with van der Waals surface area (Å²) in [4.78, 5) is 0. The summed E-state index contributed by atoms with van der Waals surface area (Å²) in [6.07, 6.45) is 21.8. The van der Waals surface area contributed by atoms with Gasteiger partial charge in [-0.3, -0.25) is 0 Å². The van der Waals surface area contributed by atoms with Crippen LogP contribution in [0, 0.1) is 52.3 Å². The molecule has 0 heterocycles. The summed E-state index contributed by atoms with van der Waals surface area (Å²) in [5.41, 5.74) is 2.77. The number of fused-ring (bicyclic) bond motifs is 5. The van der Waals surface area contributed by atoms with Crippen molar-refractivity contribution in [2.24, 2.45) is 52.3 Å². The van der Waals surface area contributed by atoms with E-state index in [2.05, 4.69) is 66.7 Å². The van der Waals surface area contributed by atoms with Crippen LogP contribution in [0.15, 0.2) is 23.8 Å². The third kappa shape index (κ3) is 4.66. The molecule has 3 fully saturated rings. The molecule has 7 unspecified atom stereocenters. The van der Waals surface area contributed by atoms with E-state index >= 15 is 0 Å². The highest BCUT2D eigenvalue weighted by Gasteiger charge is 2.59. The summed E-state index contributed by atoms with van der Waals surface area (Å²) in [6, 6.07) is 0. The Kier molecular flexibility index (Phi) is 7.89. The van der Waals surface area contributed by atoms with Crippen LogP contribution in [-0.4, -0.2) is 12.7 Å². The van der Waals surface area contributed by atoms with Crippen LogP contribution in [0.3, 0.4) is 0 Å². The molecule has 0 radical (unpaired) electrons. The van der Waals surface area contributed by atoms with Gasteiger partial charge in [-0.05, 0) is 116 Å². The summed E-state index contributed by atoms with van der Waals surface area (Å²) in [7, 11) is 0. The highest BCUT2D eigenvalue weighted by molar-refractivity contribution is 5.25. The first kappa shape index (κ1) is 25.5. The third-order valence-corrected chi connectivity index (χ3v) is 11.3. The molecule has 0 aromatic rings. The summed E-state index contributed by atoms with van der Waals surface area (Å²) in [6.45, 7) is 18.2. The van der Waals surface area contributed by atoms with Gasteiger partial charge in [0.25, 0.3) is 0 Å². The molecule has 1 heteroatoms. The van der Waals surface area contributed by atoms with Crippen molar-refractivity contribution in [2.45, 2.75) is 119 Å². The van der Waals surface area contributed by atoms with E-state index in [1.165, 1.54) is 57.8 Å². The number of rotatable bonds is 8. The Morgan fingerprint density at radius 3 is 2.48 bits per heavy atom. The molecule has 9 atom stereocenters. The van der Waals surface area contributed by atoms with Crippen LogP contribution in [0.5, 0.6) is 0 Å². The van der Waals surface area contributed by atoms with Crippen LogP contribution >= 0.6 is 0 Å². The zero-order chi connectivity index (χ0) is 23.8. The second-order valence-corrected chi connectivity index (χ2v) is 13.3. The van der Waals surface area contributed by atoms with Crippen LogP contribution in [0.25, 0.3) is 0 Å². The molecule has 0 aromatic carbocycles. The summed E-state index contributed by atoms with van der Waals surface area (Å²) < 4.78 is 6.20. The van der Waals surface area contributed by atoms with Gasteiger partial charge < -0.3 is 4.74 Å². The molecule has 188 valence electrons. The van der Waals surface area contributed by atoms with Gasteiger partial charge in [0.05, 0.1) is 6.10 Å². The molecule has 0 spiro atoms. The van der Waals surface area contributed by atoms with Crippen LogP contribution < -0.4 is 0 Å². The fraction of sp³-hybridized carbons (Fsp3) is 0.875. The number of hydrogen-bond donors (Lipinski definition) is 0. The topological polar surface area (TPSA) is 9.23 Å². The van der Waals surface area contributed by atoms with Gasteiger partial charge in [0.15, 0.2) is 0 Å². The Labute approximate surface area is 206 Å². The molecule has 33 heavy (non-hydrogen) atoms. The summed E-state index contributed by atoms with van der Waals surface area (Å²) in [5.74, 6) is 5.87. The van der Waals surface area contributed by atoms with E-state index in [4.69, 9.17) is 4.74 Å². The third-order valence-electron chi connectivity index (χ3n) is 11.3. The van der Waals surface area contributed by atoms with Gasteiger partial charge in [-0.25, -0.2) is 0 Å². The lowest BCUT2D eigenvalue weighted by atomic mass is 9.47. The molecule has 3 saturated carbocycles. The highest BCUT2D eigenvalue weighted by Crippen LogP contribution is 2.67. The number of hydrogen-bond acceptors (Lipinski definition) is 1. The van der Waals surface area contributed by atoms with Crippen molar-refractivity contribution in [2.75, 3.05) is 6.61 Å². The van der Waals surface area contributed by atoms with E-state index in [1.54, 1.807) is 5.57 Å². The van der Waals surface area contributed by atoms with Crippen molar-refractivity contribution in [1.82, 2.24) is 0 Å². The van der Waals surface area contributed by atoms with E-state index in [0.717, 1.165) is 54.5 Å². The molecule has 0 aromatic heterocycles. The first-order valence-corrected chi connectivity index (χ1v) is 14.7. The van der Waals surface area contributed by atoms with Gasteiger partial charge in [-0.1, -0.05) is 72.3 Å². The minimum absolute atomic E-state index is 0.450. The minimum atomic E-state index is 0.450. The maximum absolute atomic E-state index is 6.20. The highest BCUT2D eigenvalue weighted by atomic mass is 16.5. The Hall–Kier alpha value is -0.560. The van der Waals surface area contributed by atoms with Crippen molar-refractivity contribution in [3.8, 4) is 0 Å². The number of ether oxygens (including phenoxy) is 1. The zero-order valence-electron chi connectivity index (χ0n) is 23.0. The monoisotopic (exact) mass is 454 g/mol. The first-order valence-electron chi connectivity index (χ1n) is 14.7. The molecule has 1 nitrogen and oxygen atoms in total. The van der Waals surface area contributed by atoms with Gasteiger partial charge in [-0.2, -0.15) is 0 Å². The molecule has 0 aliphatic heterocycles. The standard InChI is InChI=1S/C32H54O/c1-8-20-33-26-16-18-31(6)25(21-26)12-13-27-29-15-14-28(32(29,7)19-17-30(27)31)23(5)10-11-24(9-2)22(3)4/h10-12,22-24,26-30H,8-9,13-21H2,1-7H3/b11-10+/t23?,24?,26?,27?,28?,29?,30?,31-,32+/m0/s1. The summed E-state index contributed by atoms with van der Waals surface area (Å²) in [5, 5.41) is 0. The Morgan fingerprint density at radius 1 is 1.00 bits per heavy atom. The largest absolute Gasteiger partial charge is 0.378 e. The Morgan fingerprint density at radius 2 is 1.79 bits per heavy atom. The lowest BCUT2D eigenvalue weighted by Gasteiger charge is -2.58. The normalized spacial score (nSPS) is 42.5. The van der Waals surface area contributed by atoms with Gasteiger partial charge in [-0.15, -0.1) is 0 Å². The molecule has 0 N–H and O–H groups in total. The molecule has 0 amide bonds. The fourth-order valence-corrected chi connectivity index (χ4v) is 9.24. The van der Waals surface area contributed by atoms with Gasteiger partial charge in [0.1, 0.15) is 0 Å². The van der Waals surface area contributed by atoms with Crippen LogP contribution in [0.2, 0.25) is 0 Å². The smallest absolute Gasteiger partial charge is 0.0612 e. The van der Waals surface area contributed by atoms with E-state index in [0.29, 0.717) is 16.9 Å². The molecular weight excluding hydrogens is 400 g/mol. The predicted molar refractivity (Wildman–Crippen MR) is 142 cm³/mol. The Bertz CT molecular complexity index is 718. The van der Waals surface area contributed by atoms with Crippen LogP contribution in [0.1, 0.15) is 113 Å². The molecule has 0 bridgehead atoms. The molecule has 4 rings (SSSR count).